The Morgan fingerprint density at radius 2 is 2.00 bits per heavy atom. The number of alkyl halides is 3. The molecule has 35 heavy (non-hydrogen) atoms. The molecule has 1 aliphatic carbocycles. The summed E-state index contributed by atoms with van der Waals surface area (Å²) < 4.78 is 73.8. The second-order valence-corrected chi connectivity index (χ2v) is 10.3. The lowest BCUT2D eigenvalue weighted by atomic mass is 9.90. The maximum Gasteiger partial charge on any atom is 0.416 e. The summed E-state index contributed by atoms with van der Waals surface area (Å²) in [4.78, 5) is 3.84. The molecule has 3 aromatic rings. The Morgan fingerprint density at radius 1 is 1.20 bits per heavy atom. The molecule has 1 aromatic heterocycles. The van der Waals surface area contributed by atoms with Gasteiger partial charge in [0.2, 0.25) is 0 Å². The summed E-state index contributed by atoms with van der Waals surface area (Å²) in [5, 5.41) is 3.22. The Labute approximate surface area is 202 Å². The number of hydrogen-bond acceptors (Lipinski definition) is 5. The van der Waals surface area contributed by atoms with Crippen LogP contribution in [0.2, 0.25) is 0 Å². The number of likely N-dealkylation sites (N-methyl/N-ethyl adjacent to an activating group) is 1. The van der Waals surface area contributed by atoms with Gasteiger partial charge in [-0.25, -0.2) is 18.1 Å². The molecular weight excluding hydrogens is 481 g/mol. The van der Waals surface area contributed by atoms with Crippen LogP contribution in [0.1, 0.15) is 28.2 Å². The van der Waals surface area contributed by atoms with Gasteiger partial charge in [-0.1, -0.05) is 24.3 Å². The summed E-state index contributed by atoms with van der Waals surface area (Å²) in [6.07, 6.45) is -0.350. The Hall–Kier alpha value is -2.89. The first kappa shape index (κ1) is 25.2. The predicted molar refractivity (Wildman–Crippen MR) is 125 cm³/mol. The van der Waals surface area contributed by atoms with Gasteiger partial charge in [0.1, 0.15) is 12.4 Å². The lowest BCUT2D eigenvalue weighted by Crippen LogP contribution is -2.30. The molecule has 0 aliphatic heterocycles. The minimum absolute atomic E-state index is 0.0234. The average molecular weight is 509 g/mol. The second-order valence-electron chi connectivity index (χ2n) is 8.59. The number of fused-ring (bicyclic) bond motifs is 1. The monoisotopic (exact) mass is 508 g/mol. The molecule has 11 heteroatoms. The number of aryl methyl sites for hydroxylation is 1. The first-order valence-electron chi connectivity index (χ1n) is 11.1. The summed E-state index contributed by atoms with van der Waals surface area (Å²) in [5.74, 6) is 0.552. The van der Waals surface area contributed by atoms with Gasteiger partial charge in [-0.05, 0) is 54.8 Å². The van der Waals surface area contributed by atoms with Gasteiger partial charge in [-0.15, -0.1) is 0 Å². The van der Waals surface area contributed by atoms with Gasteiger partial charge in [0.15, 0.2) is 5.03 Å². The van der Waals surface area contributed by atoms with Gasteiger partial charge in [0.25, 0.3) is 10.0 Å². The molecule has 4 rings (SSSR count). The minimum Gasteiger partial charge on any atom is -0.492 e. The van der Waals surface area contributed by atoms with Crippen LogP contribution in [0.5, 0.6) is 5.75 Å². The smallest absolute Gasteiger partial charge is 0.416 e. The van der Waals surface area contributed by atoms with Crippen molar-refractivity contribution in [3.8, 4) is 5.75 Å². The molecule has 2 atom stereocenters. The predicted octanol–water partition coefficient (Wildman–Crippen LogP) is 3.27. The zero-order valence-corrected chi connectivity index (χ0v) is 20.2. The molecule has 7 nitrogen and oxygen atoms in total. The number of benzene rings is 2. The van der Waals surface area contributed by atoms with Gasteiger partial charge in [0, 0.05) is 31.7 Å². The van der Waals surface area contributed by atoms with E-state index >= 15 is 0 Å². The molecule has 188 valence electrons. The van der Waals surface area contributed by atoms with Crippen molar-refractivity contribution in [2.75, 3.05) is 20.2 Å². The maximum atomic E-state index is 13.2. The molecule has 0 amide bonds. The molecule has 2 unspecified atom stereocenters. The van der Waals surface area contributed by atoms with E-state index in [1.807, 2.05) is 25.2 Å². The SMILES string of the molecule is CNC1Cc2ccc(OCCNS(=O)(=O)c3cn(C)cn3)cc2C1Cc1cccc(C(F)(F)F)c1. The molecule has 2 N–H and O–H groups in total. The third-order valence-corrected chi connectivity index (χ3v) is 7.49. The van der Waals surface area contributed by atoms with Gasteiger partial charge in [0.05, 0.1) is 11.9 Å². The second kappa shape index (κ2) is 10.00. The lowest BCUT2D eigenvalue weighted by Gasteiger charge is -2.21. The van der Waals surface area contributed by atoms with E-state index in [2.05, 4.69) is 15.0 Å². The molecule has 0 saturated carbocycles. The fourth-order valence-corrected chi connectivity index (χ4v) is 5.41. The van der Waals surface area contributed by atoms with Crippen molar-refractivity contribution < 1.29 is 26.3 Å². The summed E-state index contributed by atoms with van der Waals surface area (Å²) in [5.41, 5.74) is 2.10. The van der Waals surface area contributed by atoms with Crippen LogP contribution >= 0.6 is 0 Å². The number of sulfonamides is 1. The third-order valence-electron chi connectivity index (χ3n) is 6.14. The highest BCUT2D eigenvalue weighted by molar-refractivity contribution is 7.89. The number of imidazole rings is 1. The van der Waals surface area contributed by atoms with E-state index in [1.54, 1.807) is 17.7 Å². The van der Waals surface area contributed by atoms with Crippen LogP contribution < -0.4 is 14.8 Å². The number of ether oxygens (including phenoxy) is 1. The summed E-state index contributed by atoms with van der Waals surface area (Å²) in [6.45, 7) is 0.168. The van der Waals surface area contributed by atoms with E-state index < -0.39 is 21.8 Å². The molecule has 0 saturated heterocycles. The first-order valence-corrected chi connectivity index (χ1v) is 12.6. The Balaban J connectivity index is 1.43. The van der Waals surface area contributed by atoms with Gasteiger partial charge >= 0.3 is 6.18 Å². The van der Waals surface area contributed by atoms with Gasteiger partial charge in [-0.2, -0.15) is 13.2 Å². The van der Waals surface area contributed by atoms with E-state index in [-0.39, 0.29) is 30.1 Å². The summed E-state index contributed by atoms with van der Waals surface area (Å²) >= 11 is 0. The standard InChI is InChI=1S/C24H27F3N4O3S/c1-28-22-12-17-6-7-19(34-9-8-30-35(32,33)23-14-31(2)15-29-23)13-20(17)21(22)11-16-4-3-5-18(10-16)24(25,26)27/h3-7,10,13-15,21-22,28,30H,8-9,11-12H2,1-2H3. The topological polar surface area (TPSA) is 85.3 Å². The summed E-state index contributed by atoms with van der Waals surface area (Å²) in [6, 6.07) is 11.2. The number of nitrogens with one attached hydrogen (secondary N) is 2. The highest BCUT2D eigenvalue weighted by Gasteiger charge is 2.34. The van der Waals surface area contributed by atoms with Crippen LogP contribution in [-0.2, 0) is 36.1 Å². The quantitative estimate of drug-likeness (QED) is 0.434. The zero-order valence-electron chi connectivity index (χ0n) is 19.3. The molecule has 0 fully saturated rings. The van der Waals surface area contributed by atoms with E-state index in [4.69, 9.17) is 4.74 Å². The summed E-state index contributed by atoms with van der Waals surface area (Å²) in [7, 11) is -0.191. The third kappa shape index (κ3) is 5.85. The number of aromatic nitrogens is 2. The van der Waals surface area contributed by atoms with Gasteiger partial charge < -0.3 is 14.6 Å². The normalized spacial score (nSPS) is 18.0. The minimum atomic E-state index is -4.38. The Bertz CT molecular complexity index is 1290. The fourth-order valence-electron chi connectivity index (χ4n) is 4.42. The fraction of sp³-hybridized carbons (Fsp3) is 0.375. The largest absolute Gasteiger partial charge is 0.492 e. The Kier molecular flexibility index (Phi) is 7.20. The molecular formula is C24H27F3N4O3S. The van der Waals surface area contributed by atoms with Crippen molar-refractivity contribution in [2.24, 2.45) is 7.05 Å². The van der Waals surface area contributed by atoms with Crippen LogP contribution in [-0.4, -0.2) is 44.2 Å². The van der Waals surface area contributed by atoms with E-state index in [9.17, 15) is 21.6 Å². The van der Waals surface area contributed by atoms with Crippen molar-refractivity contribution >= 4 is 10.0 Å². The van der Waals surface area contributed by atoms with Crippen molar-refractivity contribution in [1.82, 2.24) is 19.6 Å². The molecule has 0 bridgehead atoms. The lowest BCUT2D eigenvalue weighted by molar-refractivity contribution is -0.137. The Morgan fingerprint density at radius 3 is 2.69 bits per heavy atom. The number of halogens is 3. The van der Waals surface area contributed by atoms with Crippen LogP contribution in [0, 0.1) is 0 Å². The average Bonchev–Trinajstić information content (AvgIpc) is 3.40. The number of nitrogens with zero attached hydrogens (tertiary/aromatic N) is 2. The van der Waals surface area contributed by atoms with Crippen molar-refractivity contribution in [2.45, 2.75) is 36.0 Å². The molecule has 2 aromatic carbocycles. The molecule has 1 aliphatic rings. The van der Waals surface area contributed by atoms with Crippen LogP contribution in [0.4, 0.5) is 13.2 Å². The highest BCUT2D eigenvalue weighted by atomic mass is 32.2. The van der Waals surface area contributed by atoms with E-state index in [1.165, 1.54) is 24.7 Å². The van der Waals surface area contributed by atoms with Crippen molar-refractivity contribution in [3.05, 3.63) is 77.2 Å². The van der Waals surface area contributed by atoms with Crippen molar-refractivity contribution in [1.29, 1.82) is 0 Å². The van der Waals surface area contributed by atoms with Gasteiger partial charge in [-0.3, -0.25) is 0 Å². The zero-order chi connectivity index (χ0) is 25.2. The molecule has 0 radical (unpaired) electrons. The number of hydrogen-bond donors (Lipinski definition) is 2. The van der Waals surface area contributed by atoms with Crippen LogP contribution in [0.15, 0.2) is 60.0 Å². The van der Waals surface area contributed by atoms with E-state index in [0.29, 0.717) is 17.7 Å². The molecule has 0 spiro atoms. The first-order chi connectivity index (χ1) is 16.6. The van der Waals surface area contributed by atoms with E-state index in [0.717, 1.165) is 23.6 Å². The van der Waals surface area contributed by atoms with Crippen LogP contribution in [0.3, 0.4) is 0 Å². The highest BCUT2D eigenvalue weighted by Crippen LogP contribution is 2.39. The molecule has 1 heterocycles. The number of rotatable bonds is 9. The van der Waals surface area contributed by atoms with Crippen molar-refractivity contribution in [3.63, 3.8) is 0 Å². The van der Waals surface area contributed by atoms with Crippen LogP contribution in [0.25, 0.3) is 0 Å². The maximum absolute atomic E-state index is 13.2.